The maximum atomic E-state index is 9.81. The van der Waals surface area contributed by atoms with Crippen molar-refractivity contribution in [3.8, 4) is 0 Å². The summed E-state index contributed by atoms with van der Waals surface area (Å²) < 4.78 is 0. The Labute approximate surface area is 123 Å². The summed E-state index contributed by atoms with van der Waals surface area (Å²) in [4.78, 5) is 55.0. The first-order valence-electron chi connectivity index (χ1n) is 3.55. The SMILES string of the molecule is O.O=CC(C=O)[N+](=O)[O-].O=CCC(=O)[N+](=O)[O-].[H-].[Na+]. The minimum Gasteiger partial charge on any atom is -1.00 e. The van der Waals surface area contributed by atoms with Crippen molar-refractivity contribution in [1.29, 1.82) is 0 Å². The Morgan fingerprint density at radius 2 is 1.56 bits per heavy atom. The van der Waals surface area contributed by atoms with Gasteiger partial charge < -0.3 is 11.7 Å². The zero-order valence-electron chi connectivity index (χ0n) is 10.2. The fraction of sp³-hybridized carbons (Fsp3) is 0.333. The average molecular weight is 276 g/mol. The summed E-state index contributed by atoms with van der Waals surface area (Å²) in [6, 6.07) is -1.69. The molecule has 98 valence electrons. The number of hydrogen-bond acceptors (Lipinski definition) is 8. The number of carbonyl (C=O) groups excluding carboxylic acids is 4. The summed E-state index contributed by atoms with van der Waals surface area (Å²) in [6.07, 6.45) is -0.474. The Bertz CT molecular complexity index is 316. The molecule has 0 bridgehead atoms. The summed E-state index contributed by atoms with van der Waals surface area (Å²) >= 11 is 0. The third-order valence-electron chi connectivity index (χ3n) is 0.984. The maximum Gasteiger partial charge on any atom is 1.00 e. The van der Waals surface area contributed by atoms with Crippen LogP contribution >= 0.6 is 0 Å². The first kappa shape index (κ1) is 25.3. The van der Waals surface area contributed by atoms with Crippen molar-refractivity contribution in [2.75, 3.05) is 0 Å². The first-order valence-corrected chi connectivity index (χ1v) is 3.55. The summed E-state index contributed by atoms with van der Waals surface area (Å²) in [6.45, 7) is 0. The predicted molar refractivity (Wildman–Crippen MR) is 50.3 cm³/mol. The molecule has 11 nitrogen and oxygen atoms in total. The predicted octanol–water partition coefficient (Wildman–Crippen LogP) is -5.30. The Balaban J connectivity index is -0.0000000594. The molecule has 0 rings (SSSR count). The molecule has 2 N–H and O–H groups in total. The molecule has 0 aromatic heterocycles. The van der Waals surface area contributed by atoms with Crippen molar-refractivity contribution in [3.05, 3.63) is 20.2 Å². The van der Waals surface area contributed by atoms with E-state index in [1.807, 2.05) is 0 Å². The van der Waals surface area contributed by atoms with E-state index in [0.29, 0.717) is 0 Å². The van der Waals surface area contributed by atoms with Crippen molar-refractivity contribution in [1.82, 2.24) is 0 Å². The van der Waals surface area contributed by atoms with Gasteiger partial charge >= 0.3 is 41.5 Å². The molecule has 0 aliphatic carbocycles. The van der Waals surface area contributed by atoms with E-state index in [0.717, 1.165) is 0 Å². The monoisotopic (exact) mass is 276 g/mol. The zero-order chi connectivity index (χ0) is 13.1. The van der Waals surface area contributed by atoms with Crippen molar-refractivity contribution < 1.29 is 65.5 Å². The minimum absolute atomic E-state index is 0. The molecular formula is C6H9N2NaO9. The second-order valence-corrected chi connectivity index (χ2v) is 2.07. The quantitative estimate of drug-likeness (QED) is 0.156. The van der Waals surface area contributed by atoms with Crippen LogP contribution in [0.3, 0.4) is 0 Å². The molecule has 0 aliphatic rings. The molecule has 12 heteroatoms. The standard InChI is InChI=1S/2C3H3NO4.Na.H2O.H/c5-1-3(2-6)4(7)8;5-2-1-3(6)4(7)8;;;/h1-3H;2H,1H2;;1H2;/q;;+1;;-1. The van der Waals surface area contributed by atoms with E-state index in [9.17, 15) is 39.4 Å². The molecule has 0 aliphatic heterocycles. The fourth-order valence-electron chi connectivity index (χ4n) is 0.277. The van der Waals surface area contributed by atoms with Gasteiger partial charge in [-0.05, 0) is 0 Å². The third kappa shape index (κ3) is 14.4. The van der Waals surface area contributed by atoms with Gasteiger partial charge in [-0.2, -0.15) is 0 Å². The van der Waals surface area contributed by atoms with Gasteiger partial charge in [0.15, 0.2) is 0 Å². The average Bonchev–Trinajstić information content (AvgIpc) is 2.20. The summed E-state index contributed by atoms with van der Waals surface area (Å²) in [5, 5.41) is 18.9. The fourth-order valence-corrected chi connectivity index (χ4v) is 0.277. The number of amides is 1. The van der Waals surface area contributed by atoms with Gasteiger partial charge in [0.25, 0.3) is 0 Å². The van der Waals surface area contributed by atoms with Crippen LogP contribution in [-0.2, 0) is 19.2 Å². The molecule has 0 aromatic carbocycles. The normalized spacial score (nSPS) is 7.39. The van der Waals surface area contributed by atoms with Crippen LogP contribution in [0.4, 0.5) is 0 Å². The van der Waals surface area contributed by atoms with Crippen LogP contribution in [0.5, 0.6) is 0 Å². The smallest absolute Gasteiger partial charge is 1.00 e. The largest absolute Gasteiger partial charge is 1.00 e. The van der Waals surface area contributed by atoms with E-state index in [4.69, 9.17) is 0 Å². The molecule has 0 heterocycles. The molecular weight excluding hydrogens is 267 g/mol. The summed E-state index contributed by atoms with van der Waals surface area (Å²) in [5.74, 6) is -1.26. The molecule has 0 unspecified atom stereocenters. The second-order valence-electron chi connectivity index (χ2n) is 2.07. The van der Waals surface area contributed by atoms with Gasteiger partial charge in [-0.15, -0.1) is 0 Å². The van der Waals surface area contributed by atoms with E-state index in [-0.39, 0.29) is 55.3 Å². The van der Waals surface area contributed by atoms with Crippen LogP contribution in [0.15, 0.2) is 0 Å². The Kier molecular flexibility index (Phi) is 21.7. The van der Waals surface area contributed by atoms with E-state index in [1.165, 1.54) is 0 Å². The summed E-state index contributed by atoms with van der Waals surface area (Å²) in [5.41, 5.74) is 0. The van der Waals surface area contributed by atoms with Crippen LogP contribution in [0.2, 0.25) is 0 Å². The van der Waals surface area contributed by atoms with Crippen molar-refractivity contribution in [2.45, 2.75) is 12.5 Å². The van der Waals surface area contributed by atoms with Crippen molar-refractivity contribution in [2.24, 2.45) is 0 Å². The minimum atomic E-state index is -1.69. The Hall–Kier alpha value is -1.56. The van der Waals surface area contributed by atoms with Gasteiger partial charge in [0.05, 0.1) is 0 Å². The number of carbonyl (C=O) groups is 4. The van der Waals surface area contributed by atoms with E-state index < -0.39 is 28.2 Å². The van der Waals surface area contributed by atoms with Crippen molar-refractivity contribution >= 4 is 24.8 Å². The molecule has 0 aromatic rings. The van der Waals surface area contributed by atoms with Gasteiger partial charge in [0, 0.05) is 4.92 Å². The zero-order valence-corrected chi connectivity index (χ0v) is 11.2. The van der Waals surface area contributed by atoms with E-state index in [2.05, 4.69) is 0 Å². The Morgan fingerprint density at radius 3 is 1.61 bits per heavy atom. The van der Waals surface area contributed by atoms with Crippen LogP contribution in [-0.4, -0.2) is 46.1 Å². The van der Waals surface area contributed by atoms with Gasteiger partial charge in [-0.3, -0.25) is 29.8 Å². The van der Waals surface area contributed by atoms with Gasteiger partial charge in [0.1, 0.15) is 17.6 Å². The van der Waals surface area contributed by atoms with Crippen LogP contribution in [0, 0.1) is 20.2 Å². The molecule has 0 spiro atoms. The second kappa shape index (κ2) is 15.4. The Morgan fingerprint density at radius 1 is 1.17 bits per heavy atom. The first-order chi connectivity index (χ1) is 7.40. The molecule has 1 amide bonds. The number of rotatable bonds is 5. The van der Waals surface area contributed by atoms with Crippen molar-refractivity contribution in [3.63, 3.8) is 0 Å². The van der Waals surface area contributed by atoms with Crippen LogP contribution < -0.4 is 29.6 Å². The van der Waals surface area contributed by atoms with E-state index in [1.54, 1.807) is 0 Å². The molecule has 0 saturated heterocycles. The van der Waals surface area contributed by atoms with Gasteiger partial charge in [-0.1, -0.05) is 0 Å². The molecule has 0 fully saturated rings. The maximum absolute atomic E-state index is 9.81. The summed E-state index contributed by atoms with van der Waals surface area (Å²) in [7, 11) is 0. The molecule has 0 radical (unpaired) electrons. The topological polar surface area (TPSA) is 186 Å². The molecule has 0 saturated carbocycles. The number of hydrogen-bond donors (Lipinski definition) is 0. The third-order valence-corrected chi connectivity index (χ3v) is 0.984. The number of nitro groups is 2. The molecule has 18 heavy (non-hydrogen) atoms. The van der Waals surface area contributed by atoms with E-state index >= 15 is 0 Å². The molecule has 0 atom stereocenters. The number of aldehydes is 3. The van der Waals surface area contributed by atoms with Crippen LogP contribution in [0.1, 0.15) is 7.85 Å². The number of nitrogens with zero attached hydrogens (tertiary/aromatic N) is 2. The van der Waals surface area contributed by atoms with Gasteiger partial charge in [-0.25, -0.2) is 4.79 Å². The van der Waals surface area contributed by atoms with Gasteiger partial charge in [0.2, 0.25) is 12.6 Å². The van der Waals surface area contributed by atoms with Crippen LogP contribution in [0.25, 0.3) is 0 Å².